The molecule has 0 spiro atoms. The highest BCUT2D eigenvalue weighted by atomic mass is 32.1. The molecule has 188 valence electrons. The van der Waals surface area contributed by atoms with Gasteiger partial charge in [0.25, 0.3) is 0 Å². The first-order chi connectivity index (χ1) is 16.8. The number of carbonyl (C=O) groups is 3. The Hall–Kier alpha value is -3.47. The number of thiophene rings is 1. The molecule has 9 nitrogen and oxygen atoms in total. The van der Waals surface area contributed by atoms with Crippen molar-refractivity contribution >= 4 is 34.9 Å². The first-order valence-electron chi connectivity index (χ1n) is 11.4. The quantitative estimate of drug-likeness (QED) is 0.212. The molecule has 2 atom stereocenters. The van der Waals surface area contributed by atoms with Gasteiger partial charge in [-0.2, -0.15) is 4.39 Å². The number of para-hydroxylation sites is 1. The van der Waals surface area contributed by atoms with Crippen LogP contribution in [0.1, 0.15) is 43.0 Å². The fourth-order valence-electron chi connectivity index (χ4n) is 3.93. The van der Waals surface area contributed by atoms with Gasteiger partial charge in [0.2, 0.25) is 17.7 Å². The van der Waals surface area contributed by atoms with E-state index in [1.807, 2.05) is 37.3 Å². The van der Waals surface area contributed by atoms with Crippen molar-refractivity contribution in [2.45, 2.75) is 51.2 Å². The third-order valence-corrected chi connectivity index (χ3v) is 6.64. The number of nitrogen functional groups attached to an aromatic ring is 1. The van der Waals surface area contributed by atoms with E-state index in [1.54, 1.807) is 0 Å². The lowest BCUT2D eigenvalue weighted by atomic mass is 10.2. The summed E-state index contributed by atoms with van der Waals surface area (Å²) in [6.07, 6.45) is 1.89. The van der Waals surface area contributed by atoms with Crippen LogP contribution in [0, 0.1) is 10.5 Å². The molecule has 2 unspecified atom stereocenters. The number of amidine groups is 1. The molecule has 2 heterocycles. The lowest BCUT2D eigenvalue weighted by Gasteiger charge is -2.28. The molecule has 1 aromatic heterocycles. The Morgan fingerprint density at radius 3 is 2.66 bits per heavy atom. The molecule has 0 saturated carbocycles. The van der Waals surface area contributed by atoms with Crippen molar-refractivity contribution in [1.82, 2.24) is 15.5 Å². The Balaban J connectivity index is 1.43. The minimum atomic E-state index is -0.661. The normalized spacial score (nSPS) is 17.1. The van der Waals surface area contributed by atoms with Crippen molar-refractivity contribution in [1.29, 1.82) is 5.41 Å². The maximum atomic E-state index is 13.8. The molecule has 0 radical (unpaired) electrons. The van der Waals surface area contributed by atoms with Gasteiger partial charge in [0.1, 0.15) is 17.6 Å². The number of hydrogen-bond acceptors (Lipinski definition) is 6. The van der Waals surface area contributed by atoms with Gasteiger partial charge in [-0.25, -0.2) is 0 Å². The van der Waals surface area contributed by atoms with E-state index in [4.69, 9.17) is 15.9 Å². The topological polar surface area (TPSA) is 138 Å². The Kier molecular flexibility index (Phi) is 9.18. The number of nitrogens with zero attached hydrogens (tertiary/aromatic N) is 1. The number of nitrogens with one attached hydrogen (secondary N) is 3. The molecule has 3 amide bonds. The van der Waals surface area contributed by atoms with Gasteiger partial charge in [-0.05, 0) is 44.4 Å². The predicted molar refractivity (Wildman–Crippen MR) is 131 cm³/mol. The molecule has 1 aromatic carbocycles. The van der Waals surface area contributed by atoms with E-state index in [1.165, 1.54) is 11.0 Å². The molecule has 1 fully saturated rings. The van der Waals surface area contributed by atoms with Gasteiger partial charge in [-0.1, -0.05) is 18.2 Å². The Labute approximate surface area is 207 Å². The molecular formula is C24H30FN5O4S. The first-order valence-corrected chi connectivity index (χ1v) is 12.2. The van der Waals surface area contributed by atoms with Crippen LogP contribution in [0.2, 0.25) is 0 Å². The number of carbonyl (C=O) groups excluding carboxylic acids is 3. The summed E-state index contributed by atoms with van der Waals surface area (Å²) in [5.41, 5.74) is 5.35. The summed E-state index contributed by atoms with van der Waals surface area (Å²) in [6.45, 7) is 2.13. The zero-order chi connectivity index (χ0) is 25.4. The number of likely N-dealkylation sites (tertiary alicyclic amines) is 1. The number of hydrogen-bond donors (Lipinski definition) is 4. The summed E-state index contributed by atoms with van der Waals surface area (Å²) in [5.74, 6) is -0.568. The molecule has 5 N–H and O–H groups in total. The van der Waals surface area contributed by atoms with E-state index in [9.17, 15) is 18.8 Å². The molecule has 2 aromatic rings. The zero-order valence-corrected chi connectivity index (χ0v) is 20.3. The van der Waals surface area contributed by atoms with Crippen molar-refractivity contribution in [3.8, 4) is 5.75 Å². The van der Waals surface area contributed by atoms with Gasteiger partial charge in [0.05, 0.1) is 25.3 Å². The average Bonchev–Trinajstić information content (AvgIpc) is 3.41. The summed E-state index contributed by atoms with van der Waals surface area (Å²) in [5, 5.41) is 12.2. The fraction of sp³-hybridized carbons (Fsp3) is 0.417. The SMILES string of the molecule is CC1CCC(C(=O)NCc2cc(C(=N)N)c(F)s2)N1C(=O)CNC(=O)CCCOc1ccccc1. The largest absolute Gasteiger partial charge is 0.494 e. The Morgan fingerprint density at radius 2 is 1.97 bits per heavy atom. The van der Waals surface area contributed by atoms with E-state index < -0.39 is 11.2 Å². The maximum absolute atomic E-state index is 13.8. The van der Waals surface area contributed by atoms with Crippen LogP contribution >= 0.6 is 11.3 Å². The van der Waals surface area contributed by atoms with Crippen LogP contribution in [-0.2, 0) is 20.9 Å². The third-order valence-electron chi connectivity index (χ3n) is 5.72. The molecule has 0 aliphatic carbocycles. The van der Waals surface area contributed by atoms with Gasteiger partial charge in [0, 0.05) is 17.3 Å². The molecular weight excluding hydrogens is 473 g/mol. The third kappa shape index (κ3) is 7.25. The number of ether oxygens (including phenoxy) is 1. The zero-order valence-electron chi connectivity index (χ0n) is 19.5. The number of amides is 3. The van der Waals surface area contributed by atoms with Crippen molar-refractivity contribution < 1.29 is 23.5 Å². The number of nitrogens with two attached hydrogens (primary N) is 1. The fourth-order valence-corrected chi connectivity index (χ4v) is 4.77. The van der Waals surface area contributed by atoms with Gasteiger partial charge < -0.3 is 26.0 Å². The minimum Gasteiger partial charge on any atom is -0.494 e. The Bertz CT molecular complexity index is 1060. The van der Waals surface area contributed by atoms with Gasteiger partial charge in [-0.3, -0.25) is 19.8 Å². The average molecular weight is 504 g/mol. The molecule has 0 bridgehead atoms. The lowest BCUT2D eigenvalue weighted by Crippen LogP contribution is -2.51. The summed E-state index contributed by atoms with van der Waals surface area (Å²) < 4.78 is 19.4. The van der Waals surface area contributed by atoms with Gasteiger partial charge in [0.15, 0.2) is 5.13 Å². The monoisotopic (exact) mass is 503 g/mol. The van der Waals surface area contributed by atoms with Crippen LogP contribution in [0.5, 0.6) is 5.75 Å². The van der Waals surface area contributed by atoms with E-state index in [0.29, 0.717) is 30.7 Å². The summed E-state index contributed by atoms with van der Waals surface area (Å²) in [4.78, 5) is 39.7. The van der Waals surface area contributed by atoms with Crippen LogP contribution < -0.4 is 21.1 Å². The smallest absolute Gasteiger partial charge is 0.243 e. The molecule has 1 saturated heterocycles. The molecule has 1 aliphatic rings. The highest BCUT2D eigenvalue weighted by molar-refractivity contribution is 7.10. The van der Waals surface area contributed by atoms with Crippen molar-refractivity contribution in [2.75, 3.05) is 13.2 Å². The standard InChI is InChI=1S/C24H30FN5O4S/c1-15-9-10-19(24(33)29-13-17-12-18(23(26)27)22(25)35-17)30(15)21(32)14-28-20(31)8-5-11-34-16-6-3-2-4-7-16/h2-4,6-7,12,15,19H,5,8-11,13-14H2,1H3,(H3,26,27)(H,28,31)(H,29,33). The van der Waals surface area contributed by atoms with Crippen LogP contribution in [0.25, 0.3) is 0 Å². The van der Waals surface area contributed by atoms with Crippen LogP contribution in [-0.4, -0.2) is 53.7 Å². The van der Waals surface area contributed by atoms with Crippen molar-refractivity contribution in [3.63, 3.8) is 0 Å². The van der Waals surface area contributed by atoms with Crippen LogP contribution in [0.15, 0.2) is 36.4 Å². The highest BCUT2D eigenvalue weighted by Crippen LogP contribution is 2.25. The second-order valence-corrected chi connectivity index (χ2v) is 9.40. The molecule has 11 heteroatoms. The van der Waals surface area contributed by atoms with Crippen molar-refractivity contribution in [2.24, 2.45) is 5.73 Å². The van der Waals surface area contributed by atoms with Gasteiger partial charge >= 0.3 is 0 Å². The second-order valence-electron chi connectivity index (χ2n) is 8.32. The predicted octanol–water partition coefficient (Wildman–Crippen LogP) is 2.14. The molecule has 1 aliphatic heterocycles. The van der Waals surface area contributed by atoms with E-state index in [2.05, 4.69) is 10.6 Å². The summed E-state index contributed by atoms with van der Waals surface area (Å²) in [7, 11) is 0. The molecule has 3 rings (SSSR count). The molecule has 35 heavy (non-hydrogen) atoms. The first kappa shape index (κ1) is 26.1. The second kappa shape index (κ2) is 12.3. The van der Waals surface area contributed by atoms with Gasteiger partial charge in [-0.15, -0.1) is 11.3 Å². The maximum Gasteiger partial charge on any atom is 0.243 e. The minimum absolute atomic E-state index is 0.00733. The van der Waals surface area contributed by atoms with E-state index >= 15 is 0 Å². The highest BCUT2D eigenvalue weighted by Gasteiger charge is 2.38. The Morgan fingerprint density at radius 1 is 1.23 bits per heavy atom. The van der Waals surface area contributed by atoms with Crippen LogP contribution in [0.3, 0.4) is 0 Å². The van der Waals surface area contributed by atoms with E-state index in [0.717, 1.165) is 17.1 Å². The number of rotatable bonds is 11. The summed E-state index contributed by atoms with van der Waals surface area (Å²) in [6, 6.07) is 9.93. The summed E-state index contributed by atoms with van der Waals surface area (Å²) >= 11 is 0.814. The van der Waals surface area contributed by atoms with Crippen molar-refractivity contribution in [3.05, 3.63) is 52.0 Å². The van der Waals surface area contributed by atoms with Crippen LogP contribution in [0.4, 0.5) is 4.39 Å². The van der Waals surface area contributed by atoms with E-state index in [-0.39, 0.29) is 54.7 Å². The number of halogens is 1. The lowest BCUT2D eigenvalue weighted by molar-refractivity contribution is -0.140. The number of benzene rings is 1.